The van der Waals surface area contributed by atoms with Crippen LogP contribution in [0.5, 0.6) is 0 Å². The second-order valence-electron chi connectivity index (χ2n) is 6.76. The Morgan fingerprint density at radius 3 is 2.39 bits per heavy atom. The van der Waals surface area contributed by atoms with Crippen LogP contribution in [0, 0.1) is 17.1 Å². The van der Waals surface area contributed by atoms with Crippen molar-refractivity contribution in [2.75, 3.05) is 12.3 Å². The topological polar surface area (TPSA) is 135 Å². The van der Waals surface area contributed by atoms with Crippen LogP contribution in [0.15, 0.2) is 29.5 Å². The van der Waals surface area contributed by atoms with Gasteiger partial charge in [-0.15, -0.1) is 0 Å². The zero-order valence-corrected chi connectivity index (χ0v) is 21.5. The third-order valence-electron chi connectivity index (χ3n) is 5.28. The van der Waals surface area contributed by atoms with Gasteiger partial charge in [0.05, 0.1) is 0 Å². The van der Waals surface area contributed by atoms with Crippen LogP contribution in [0.2, 0.25) is 0 Å². The smallest absolute Gasteiger partial charge is 1.00 e. The van der Waals surface area contributed by atoms with Gasteiger partial charge in [0.1, 0.15) is 0 Å². The molecule has 8 nitrogen and oxygen atoms in total. The number of nitrogens with zero attached hydrogens (tertiary/aromatic N) is 1. The van der Waals surface area contributed by atoms with Crippen molar-refractivity contribution in [2.24, 2.45) is 5.41 Å². The molecular formula is C16H19KNO7PS2. The summed E-state index contributed by atoms with van der Waals surface area (Å²) in [5, 5.41) is 0. The van der Waals surface area contributed by atoms with E-state index in [0.717, 1.165) is 0 Å². The molecule has 0 aromatic rings. The molecule has 2 rings (SSSR count). The van der Waals surface area contributed by atoms with Crippen LogP contribution in [0.25, 0.3) is 0 Å². The van der Waals surface area contributed by atoms with Crippen molar-refractivity contribution < 1.29 is 81.9 Å². The molecular weight excluding hydrogens is 452 g/mol. The van der Waals surface area contributed by atoms with Crippen molar-refractivity contribution in [3.05, 3.63) is 35.6 Å². The molecule has 2 atom stereocenters. The molecule has 0 amide bonds. The Morgan fingerprint density at radius 1 is 1.21 bits per heavy atom. The maximum Gasteiger partial charge on any atom is 1.00 e. The predicted octanol–water partition coefficient (Wildman–Crippen LogP) is -1.28. The van der Waals surface area contributed by atoms with Gasteiger partial charge in [-0.05, 0) is 0 Å². The molecule has 2 aliphatic rings. The second kappa shape index (κ2) is 9.68. The molecule has 0 aromatic carbocycles. The van der Waals surface area contributed by atoms with Gasteiger partial charge in [0.25, 0.3) is 0 Å². The van der Waals surface area contributed by atoms with Gasteiger partial charge >= 0.3 is 212 Å². The van der Waals surface area contributed by atoms with Gasteiger partial charge in [-0.25, -0.2) is 0 Å². The van der Waals surface area contributed by atoms with Gasteiger partial charge in [0.15, 0.2) is 0 Å². The molecule has 1 heterocycles. The standard InChI is InChI=1S/C16H20NO7PS2.K/c1-15(9-11-25-18)13-7-3-4-8-14(13)17(16(15,2)27(22,23)24)10-5-6-12-26(19,20)21;/h4,7-8H,5-6,9-10,12H2,1-2H3,(H-,19,20,21,22,23,24);/q;+1/p-1. The second-order valence-corrected chi connectivity index (χ2v) is 10.5. The Balaban J connectivity index is 0.00000392. The molecule has 0 saturated carbocycles. The Hall–Kier alpha value is 0.396. The molecule has 148 valence electrons. The molecule has 0 saturated heterocycles. The Kier molecular flexibility index (Phi) is 9.14. The van der Waals surface area contributed by atoms with Gasteiger partial charge in [0, 0.05) is 0 Å². The maximum absolute atomic E-state index is 12.3. The SMILES string of the molecule is CC1(CC#P=O)C2=C(C=C[C+]=C2)N(CCCCS(=O)(=O)[O-])C1(C)S(=O)(=O)[O-].[K+]. The van der Waals surface area contributed by atoms with E-state index in [0.29, 0.717) is 11.3 Å². The predicted molar refractivity (Wildman–Crippen MR) is 96.8 cm³/mol. The molecule has 2 unspecified atom stereocenters. The third-order valence-corrected chi connectivity index (χ3v) is 8.00. The van der Waals surface area contributed by atoms with Crippen LogP contribution in [0.4, 0.5) is 0 Å². The average molecular weight is 472 g/mol. The van der Waals surface area contributed by atoms with Gasteiger partial charge in [-0.1, -0.05) is 0 Å². The monoisotopic (exact) mass is 471 g/mol. The molecule has 0 fully saturated rings. The molecule has 1 aliphatic heterocycles. The largest absolute Gasteiger partial charge is 1.00 e. The minimum atomic E-state index is -4.89. The first kappa shape index (κ1) is 26.4. The number of hydrogen-bond acceptors (Lipinski definition) is 8. The summed E-state index contributed by atoms with van der Waals surface area (Å²) >= 11 is 0. The van der Waals surface area contributed by atoms with Crippen molar-refractivity contribution in [1.82, 2.24) is 4.90 Å². The summed E-state index contributed by atoms with van der Waals surface area (Å²) in [6.45, 7) is 2.97. The van der Waals surface area contributed by atoms with Crippen LogP contribution < -0.4 is 51.4 Å². The van der Waals surface area contributed by atoms with E-state index in [1.807, 2.05) is 0 Å². The number of allylic oxidation sites excluding steroid dienone is 4. The van der Waals surface area contributed by atoms with Gasteiger partial charge in [-0.2, -0.15) is 0 Å². The van der Waals surface area contributed by atoms with Gasteiger partial charge in [0.2, 0.25) is 0 Å². The molecule has 28 heavy (non-hydrogen) atoms. The van der Waals surface area contributed by atoms with E-state index in [-0.39, 0.29) is 77.2 Å². The Morgan fingerprint density at radius 2 is 1.86 bits per heavy atom. The molecule has 0 bridgehead atoms. The van der Waals surface area contributed by atoms with E-state index in [2.05, 4.69) is 11.7 Å². The molecule has 1 aliphatic carbocycles. The van der Waals surface area contributed by atoms with Crippen molar-refractivity contribution in [3.63, 3.8) is 0 Å². The van der Waals surface area contributed by atoms with Crippen LogP contribution in [-0.2, 0) is 24.8 Å². The van der Waals surface area contributed by atoms with E-state index in [1.54, 1.807) is 25.2 Å². The first-order valence-electron chi connectivity index (χ1n) is 8.11. The fourth-order valence-electron chi connectivity index (χ4n) is 3.62. The maximum atomic E-state index is 12.3. The summed E-state index contributed by atoms with van der Waals surface area (Å²) in [7, 11) is -9.66. The molecule has 0 spiro atoms. The number of rotatable bonds is 7. The zero-order chi connectivity index (χ0) is 20.5. The van der Waals surface area contributed by atoms with Crippen LogP contribution in [0.1, 0.15) is 33.1 Å². The zero-order valence-electron chi connectivity index (χ0n) is 15.8. The van der Waals surface area contributed by atoms with E-state index in [9.17, 15) is 30.5 Å². The summed E-state index contributed by atoms with van der Waals surface area (Å²) in [4.78, 5) is -0.481. The van der Waals surface area contributed by atoms with Gasteiger partial charge < -0.3 is 0 Å². The van der Waals surface area contributed by atoms with Crippen LogP contribution in [0.3, 0.4) is 0 Å². The summed E-state index contributed by atoms with van der Waals surface area (Å²) in [6.07, 6.45) is 7.86. The van der Waals surface area contributed by atoms with Crippen LogP contribution in [-0.4, -0.2) is 48.0 Å². The van der Waals surface area contributed by atoms with Crippen molar-refractivity contribution in [1.29, 1.82) is 0 Å². The van der Waals surface area contributed by atoms with E-state index in [1.165, 1.54) is 11.8 Å². The molecule has 0 aromatic heterocycles. The summed E-state index contributed by atoms with van der Waals surface area (Å²) in [6, 6.07) is 0. The number of hydrogen-bond donors (Lipinski definition) is 0. The molecule has 12 heteroatoms. The Labute approximate surface area is 209 Å². The number of unbranched alkanes of at least 4 members (excludes halogenated alkanes) is 1. The van der Waals surface area contributed by atoms with Crippen molar-refractivity contribution in [3.8, 4) is 5.63 Å². The molecule has 0 radical (unpaired) electrons. The van der Waals surface area contributed by atoms with Gasteiger partial charge in [-0.3, -0.25) is 0 Å². The average Bonchev–Trinajstić information content (AvgIpc) is 2.76. The van der Waals surface area contributed by atoms with E-state index < -0.39 is 44.2 Å². The van der Waals surface area contributed by atoms with Crippen molar-refractivity contribution >= 4 is 28.2 Å². The Bertz CT molecular complexity index is 1030. The van der Waals surface area contributed by atoms with Crippen LogP contribution >= 0.6 is 7.92 Å². The first-order valence-corrected chi connectivity index (χ1v) is 11.9. The normalized spacial score (nSPS) is 26.4. The minimum absolute atomic E-state index is 0. The minimum Gasteiger partial charge on any atom is 1.00 e. The first-order chi connectivity index (χ1) is 12.4. The molecule has 0 N–H and O–H groups in total. The summed E-state index contributed by atoms with van der Waals surface area (Å²) < 4.78 is 80.3. The quantitative estimate of drug-likeness (QED) is 0.147. The van der Waals surface area contributed by atoms with E-state index in [4.69, 9.17) is 0 Å². The fourth-order valence-corrected chi connectivity index (χ4v) is 5.75. The summed E-state index contributed by atoms with van der Waals surface area (Å²) in [5.41, 5.74) is 2.39. The van der Waals surface area contributed by atoms with Crippen molar-refractivity contribution in [2.45, 2.75) is 38.0 Å². The summed E-state index contributed by atoms with van der Waals surface area (Å²) in [5.74, 6) is -0.564. The fraction of sp³-hybridized carbons (Fsp3) is 0.562. The van der Waals surface area contributed by atoms with E-state index >= 15 is 0 Å². The third kappa shape index (κ3) is 4.99.